The third kappa shape index (κ3) is 2.78. The van der Waals surface area contributed by atoms with Gasteiger partial charge in [0.15, 0.2) is 0 Å². The minimum absolute atomic E-state index is 0.210. The molecule has 1 aliphatic heterocycles. The molecule has 0 bridgehead atoms. The summed E-state index contributed by atoms with van der Waals surface area (Å²) in [6.45, 7) is 1.74. The molecule has 1 aliphatic rings. The molecule has 0 spiro atoms. The van der Waals surface area contributed by atoms with E-state index in [2.05, 4.69) is 25.0 Å². The van der Waals surface area contributed by atoms with Gasteiger partial charge in [-0.05, 0) is 30.7 Å². The molecular formula is C16H16N6O. The zero-order valence-corrected chi connectivity index (χ0v) is 12.5. The largest absolute Gasteiger partial charge is 0.355 e. The summed E-state index contributed by atoms with van der Waals surface area (Å²) in [6.07, 6.45) is 6.14. The van der Waals surface area contributed by atoms with E-state index in [1.807, 2.05) is 24.3 Å². The van der Waals surface area contributed by atoms with Gasteiger partial charge in [-0.15, -0.1) is 0 Å². The zero-order chi connectivity index (χ0) is 15.6. The smallest absolute Gasteiger partial charge is 0.258 e. The van der Waals surface area contributed by atoms with E-state index in [1.54, 1.807) is 18.6 Å². The number of nitrogens with two attached hydrogens (primary N) is 1. The van der Waals surface area contributed by atoms with Crippen LogP contribution in [0.25, 0.3) is 22.8 Å². The Hall–Kier alpha value is -2.80. The number of rotatable bonds is 3. The van der Waals surface area contributed by atoms with Gasteiger partial charge in [0.1, 0.15) is 5.82 Å². The zero-order valence-electron chi connectivity index (χ0n) is 12.5. The van der Waals surface area contributed by atoms with Gasteiger partial charge in [0, 0.05) is 48.8 Å². The van der Waals surface area contributed by atoms with Gasteiger partial charge in [-0.25, -0.2) is 4.98 Å². The van der Waals surface area contributed by atoms with Crippen LogP contribution < -0.4 is 10.6 Å². The van der Waals surface area contributed by atoms with Crippen LogP contribution in [-0.2, 0) is 0 Å². The van der Waals surface area contributed by atoms with E-state index in [4.69, 9.17) is 10.3 Å². The average Bonchev–Trinajstić information content (AvgIpc) is 3.25. The molecule has 23 heavy (non-hydrogen) atoms. The molecule has 3 aromatic heterocycles. The minimum Gasteiger partial charge on any atom is -0.355 e. The van der Waals surface area contributed by atoms with Crippen molar-refractivity contribution in [2.75, 3.05) is 18.0 Å². The topological polar surface area (TPSA) is 94.0 Å². The standard InChI is InChI=1S/C16H16N6O/c17-13-4-8-22(10-13)14-9-12(3-7-19-14)16-20-15(21-23-16)11-1-5-18-6-2-11/h1-3,5-7,9,13H,4,8,10,17H2. The predicted octanol–water partition coefficient (Wildman–Crippen LogP) is 1.73. The van der Waals surface area contributed by atoms with E-state index in [1.165, 1.54) is 0 Å². The lowest BCUT2D eigenvalue weighted by atomic mass is 10.2. The number of hydrogen-bond acceptors (Lipinski definition) is 7. The Balaban J connectivity index is 1.62. The molecule has 1 saturated heterocycles. The summed E-state index contributed by atoms with van der Waals surface area (Å²) in [5, 5.41) is 4.03. The first-order valence-electron chi connectivity index (χ1n) is 7.50. The highest BCUT2D eigenvalue weighted by Gasteiger charge is 2.21. The van der Waals surface area contributed by atoms with Crippen molar-refractivity contribution in [3.8, 4) is 22.8 Å². The molecule has 4 heterocycles. The van der Waals surface area contributed by atoms with Crippen LogP contribution in [0, 0.1) is 0 Å². The molecule has 116 valence electrons. The summed E-state index contributed by atoms with van der Waals surface area (Å²) in [4.78, 5) is 15.0. The predicted molar refractivity (Wildman–Crippen MR) is 85.6 cm³/mol. The van der Waals surface area contributed by atoms with Crippen molar-refractivity contribution < 1.29 is 4.52 Å². The van der Waals surface area contributed by atoms with Crippen LogP contribution >= 0.6 is 0 Å². The van der Waals surface area contributed by atoms with E-state index in [0.29, 0.717) is 11.7 Å². The molecule has 1 fully saturated rings. The molecule has 7 heteroatoms. The average molecular weight is 308 g/mol. The van der Waals surface area contributed by atoms with Crippen LogP contribution in [0.3, 0.4) is 0 Å². The lowest BCUT2D eigenvalue weighted by Gasteiger charge is -2.16. The van der Waals surface area contributed by atoms with Crippen LogP contribution in [0.15, 0.2) is 47.4 Å². The van der Waals surface area contributed by atoms with Gasteiger partial charge >= 0.3 is 0 Å². The second-order valence-corrected chi connectivity index (χ2v) is 5.56. The maximum atomic E-state index is 5.96. The highest BCUT2D eigenvalue weighted by Crippen LogP contribution is 2.25. The Morgan fingerprint density at radius 2 is 1.96 bits per heavy atom. The SMILES string of the molecule is NC1CCN(c2cc(-c3nc(-c4ccncc4)no3)ccn2)C1. The van der Waals surface area contributed by atoms with Crippen molar-refractivity contribution >= 4 is 5.82 Å². The summed E-state index contributed by atoms with van der Waals surface area (Å²) in [7, 11) is 0. The van der Waals surface area contributed by atoms with Crippen molar-refractivity contribution in [2.45, 2.75) is 12.5 Å². The molecule has 0 aromatic carbocycles. The quantitative estimate of drug-likeness (QED) is 0.787. The summed E-state index contributed by atoms with van der Waals surface area (Å²) < 4.78 is 5.39. The second-order valence-electron chi connectivity index (χ2n) is 5.56. The summed E-state index contributed by atoms with van der Waals surface area (Å²) in [5.74, 6) is 1.91. The molecule has 4 rings (SSSR count). The molecule has 0 radical (unpaired) electrons. The van der Waals surface area contributed by atoms with Crippen molar-refractivity contribution in [1.82, 2.24) is 20.1 Å². The monoisotopic (exact) mass is 308 g/mol. The first-order chi connectivity index (χ1) is 11.3. The van der Waals surface area contributed by atoms with Gasteiger partial charge in [0.05, 0.1) is 0 Å². The second kappa shape index (κ2) is 5.77. The Morgan fingerprint density at radius 3 is 2.74 bits per heavy atom. The normalized spacial score (nSPS) is 17.6. The molecule has 1 atom stereocenters. The number of anilines is 1. The van der Waals surface area contributed by atoms with Crippen LogP contribution in [-0.4, -0.2) is 39.2 Å². The fourth-order valence-electron chi connectivity index (χ4n) is 2.68. The summed E-state index contributed by atoms with van der Waals surface area (Å²) in [6, 6.07) is 7.73. The van der Waals surface area contributed by atoms with E-state index < -0.39 is 0 Å². The molecular weight excluding hydrogens is 292 g/mol. The lowest BCUT2D eigenvalue weighted by molar-refractivity contribution is 0.432. The number of pyridine rings is 2. The maximum Gasteiger partial charge on any atom is 0.258 e. The highest BCUT2D eigenvalue weighted by atomic mass is 16.5. The van der Waals surface area contributed by atoms with Gasteiger partial charge in [-0.2, -0.15) is 4.98 Å². The molecule has 0 amide bonds. The minimum atomic E-state index is 0.210. The maximum absolute atomic E-state index is 5.96. The van der Waals surface area contributed by atoms with Gasteiger partial charge in [0.2, 0.25) is 5.82 Å². The highest BCUT2D eigenvalue weighted by molar-refractivity contribution is 5.62. The van der Waals surface area contributed by atoms with E-state index in [-0.39, 0.29) is 6.04 Å². The third-order valence-electron chi connectivity index (χ3n) is 3.91. The van der Waals surface area contributed by atoms with Crippen LogP contribution in [0.2, 0.25) is 0 Å². The van der Waals surface area contributed by atoms with Crippen LogP contribution in [0.1, 0.15) is 6.42 Å². The molecule has 0 saturated carbocycles. The Kier molecular flexibility index (Phi) is 3.47. The van der Waals surface area contributed by atoms with Crippen molar-refractivity contribution in [2.24, 2.45) is 5.73 Å². The fraction of sp³-hybridized carbons (Fsp3) is 0.250. The fourth-order valence-corrected chi connectivity index (χ4v) is 2.68. The summed E-state index contributed by atoms with van der Waals surface area (Å²) >= 11 is 0. The number of hydrogen-bond donors (Lipinski definition) is 1. The Bertz CT molecular complexity index is 803. The van der Waals surface area contributed by atoms with Gasteiger partial charge < -0.3 is 15.2 Å². The first kappa shape index (κ1) is 13.8. The molecule has 1 unspecified atom stereocenters. The number of nitrogens with zero attached hydrogens (tertiary/aromatic N) is 5. The van der Waals surface area contributed by atoms with E-state index >= 15 is 0 Å². The van der Waals surface area contributed by atoms with Gasteiger partial charge in [0.25, 0.3) is 5.89 Å². The number of aromatic nitrogens is 4. The van der Waals surface area contributed by atoms with Crippen molar-refractivity contribution in [1.29, 1.82) is 0 Å². The Morgan fingerprint density at radius 1 is 1.13 bits per heavy atom. The van der Waals surface area contributed by atoms with Crippen LogP contribution in [0.5, 0.6) is 0 Å². The lowest BCUT2D eigenvalue weighted by Crippen LogP contribution is -2.26. The van der Waals surface area contributed by atoms with Crippen molar-refractivity contribution in [3.63, 3.8) is 0 Å². The Labute approximate surface area is 133 Å². The summed E-state index contributed by atoms with van der Waals surface area (Å²) in [5.41, 5.74) is 7.68. The van der Waals surface area contributed by atoms with Crippen molar-refractivity contribution in [3.05, 3.63) is 42.9 Å². The molecule has 3 aromatic rings. The van der Waals surface area contributed by atoms with Gasteiger partial charge in [-0.1, -0.05) is 5.16 Å². The molecule has 7 nitrogen and oxygen atoms in total. The van der Waals surface area contributed by atoms with Crippen LogP contribution in [0.4, 0.5) is 5.82 Å². The molecule has 0 aliphatic carbocycles. The van der Waals surface area contributed by atoms with E-state index in [9.17, 15) is 0 Å². The molecule has 2 N–H and O–H groups in total. The van der Waals surface area contributed by atoms with Gasteiger partial charge in [-0.3, -0.25) is 4.98 Å². The first-order valence-corrected chi connectivity index (χ1v) is 7.50. The third-order valence-corrected chi connectivity index (χ3v) is 3.91. The van der Waals surface area contributed by atoms with E-state index in [0.717, 1.165) is 36.5 Å².